The van der Waals surface area contributed by atoms with Crippen molar-refractivity contribution < 1.29 is 0 Å². The van der Waals surface area contributed by atoms with Crippen LogP contribution >= 0.6 is 0 Å². The minimum absolute atomic E-state index is 0.287. The minimum atomic E-state index is 0.287. The maximum Gasteiger partial charge on any atom is 0.0206 e. The van der Waals surface area contributed by atoms with Crippen molar-refractivity contribution in [3.63, 3.8) is 0 Å². The maximum absolute atomic E-state index is 2.65. The molecular formula is C58H42. The van der Waals surface area contributed by atoms with Crippen molar-refractivity contribution in [1.29, 1.82) is 0 Å². The van der Waals surface area contributed by atoms with E-state index in [4.69, 9.17) is 0 Å². The smallest absolute Gasteiger partial charge is 0.0206 e. The first-order valence-corrected chi connectivity index (χ1v) is 21.4. The molecule has 0 radical (unpaired) electrons. The van der Waals surface area contributed by atoms with Crippen LogP contribution in [-0.4, -0.2) is 0 Å². The summed E-state index contributed by atoms with van der Waals surface area (Å²) in [6.45, 7) is 0. The molecule has 0 heterocycles. The molecule has 274 valence electrons. The highest BCUT2D eigenvalue weighted by atomic mass is 14.5. The second-order valence-electron chi connectivity index (χ2n) is 17.2. The molecule has 58 heavy (non-hydrogen) atoms. The van der Waals surface area contributed by atoms with Crippen molar-refractivity contribution in [1.82, 2.24) is 0 Å². The van der Waals surface area contributed by atoms with Crippen LogP contribution in [0.1, 0.15) is 65.8 Å². The van der Waals surface area contributed by atoms with Gasteiger partial charge < -0.3 is 0 Å². The van der Waals surface area contributed by atoms with E-state index in [1.807, 2.05) is 0 Å². The van der Waals surface area contributed by atoms with Crippen molar-refractivity contribution in [2.45, 2.75) is 38.0 Å². The molecule has 13 rings (SSSR count). The maximum atomic E-state index is 2.65. The molecule has 0 saturated heterocycles. The summed E-state index contributed by atoms with van der Waals surface area (Å²) in [7, 11) is 0. The zero-order valence-electron chi connectivity index (χ0n) is 32.5. The predicted molar refractivity (Wildman–Crippen MR) is 245 cm³/mol. The lowest BCUT2D eigenvalue weighted by atomic mass is 9.68. The second-order valence-corrected chi connectivity index (χ2v) is 17.2. The van der Waals surface area contributed by atoms with Gasteiger partial charge in [-0.25, -0.2) is 0 Å². The molecule has 7 aliphatic carbocycles. The van der Waals surface area contributed by atoms with Gasteiger partial charge in [-0.3, -0.25) is 0 Å². The van der Waals surface area contributed by atoms with E-state index in [0.717, 1.165) is 32.1 Å². The highest BCUT2D eigenvalue weighted by Crippen LogP contribution is 2.64. The molecule has 0 nitrogen and oxygen atoms in total. The van der Waals surface area contributed by atoms with Crippen molar-refractivity contribution in [3.8, 4) is 22.3 Å². The molecule has 0 N–H and O–H groups in total. The Bertz CT molecular complexity index is 3090. The summed E-state index contributed by atoms with van der Waals surface area (Å²) >= 11 is 0. The lowest BCUT2D eigenvalue weighted by Crippen LogP contribution is -2.22. The van der Waals surface area contributed by atoms with Crippen LogP contribution < -0.4 is 0 Å². The van der Waals surface area contributed by atoms with E-state index in [-0.39, 0.29) is 5.92 Å². The number of rotatable bonds is 4. The number of hydrogen-bond donors (Lipinski definition) is 0. The Hall–Kier alpha value is -6.50. The van der Waals surface area contributed by atoms with Crippen molar-refractivity contribution in [2.24, 2.45) is 11.8 Å². The number of allylic oxidation sites excluding steroid dienone is 18. The summed E-state index contributed by atoms with van der Waals surface area (Å²) in [4.78, 5) is 0. The van der Waals surface area contributed by atoms with Gasteiger partial charge in [-0.15, -0.1) is 0 Å². The average Bonchev–Trinajstić information content (AvgIpc) is 3.80. The average molecular weight is 739 g/mol. The zero-order chi connectivity index (χ0) is 37.9. The Morgan fingerprint density at radius 3 is 2.10 bits per heavy atom. The SMILES string of the molecule is C1=CCCC(C2=CC3=C(C=C4c5c(c(-c6ccccc6)c6cc7c8c(cccc8c6c5-c5ccccc5)C5=C7CC(c6ccccc6)C=C5)C5=CC=CC3C54)CC2)=C1. The summed E-state index contributed by atoms with van der Waals surface area (Å²) in [5.74, 6) is 0.968. The van der Waals surface area contributed by atoms with Crippen LogP contribution in [0.5, 0.6) is 0 Å². The van der Waals surface area contributed by atoms with Gasteiger partial charge in [0.05, 0.1) is 0 Å². The van der Waals surface area contributed by atoms with Gasteiger partial charge in [-0.05, 0) is 154 Å². The van der Waals surface area contributed by atoms with E-state index in [1.165, 1.54) is 111 Å². The largest absolute Gasteiger partial charge is 0.0842 e. The van der Waals surface area contributed by atoms with Gasteiger partial charge in [0.2, 0.25) is 0 Å². The molecule has 0 aromatic heterocycles. The van der Waals surface area contributed by atoms with Crippen LogP contribution in [0.4, 0.5) is 0 Å². The summed E-state index contributed by atoms with van der Waals surface area (Å²) in [6.07, 6.45) is 30.0. The lowest BCUT2D eigenvalue weighted by molar-refractivity contribution is 0.656. The third-order valence-electron chi connectivity index (χ3n) is 14.3. The van der Waals surface area contributed by atoms with Crippen molar-refractivity contribution in [2.75, 3.05) is 0 Å². The molecule has 3 unspecified atom stereocenters. The van der Waals surface area contributed by atoms with E-state index >= 15 is 0 Å². The Balaban J connectivity index is 1.13. The van der Waals surface area contributed by atoms with Crippen LogP contribution in [0.3, 0.4) is 0 Å². The molecule has 0 amide bonds. The van der Waals surface area contributed by atoms with E-state index in [1.54, 1.807) is 5.57 Å². The summed E-state index contributed by atoms with van der Waals surface area (Å²) in [6, 6.07) is 43.5. The van der Waals surface area contributed by atoms with E-state index in [9.17, 15) is 0 Å². The monoisotopic (exact) mass is 738 g/mol. The van der Waals surface area contributed by atoms with Crippen LogP contribution in [0, 0.1) is 11.8 Å². The quantitative estimate of drug-likeness (QED) is 0.158. The molecular weight excluding hydrogens is 697 g/mol. The van der Waals surface area contributed by atoms with Gasteiger partial charge >= 0.3 is 0 Å². The molecule has 7 aliphatic rings. The fourth-order valence-electron chi connectivity index (χ4n) is 11.9. The molecule has 0 bridgehead atoms. The first kappa shape index (κ1) is 32.6. The van der Waals surface area contributed by atoms with Crippen molar-refractivity contribution >= 4 is 43.8 Å². The summed E-state index contributed by atoms with van der Waals surface area (Å²) in [5, 5.41) is 5.55. The number of fused-ring (bicyclic) bond motifs is 8. The Labute approximate surface area is 340 Å². The third-order valence-corrected chi connectivity index (χ3v) is 14.3. The number of hydrogen-bond acceptors (Lipinski definition) is 0. The fourth-order valence-corrected chi connectivity index (χ4v) is 11.9. The normalized spacial score (nSPS) is 22.0. The van der Waals surface area contributed by atoms with Crippen LogP contribution in [-0.2, 0) is 0 Å². The second kappa shape index (κ2) is 12.5. The Morgan fingerprint density at radius 2 is 1.31 bits per heavy atom. The first-order chi connectivity index (χ1) is 28.8. The van der Waals surface area contributed by atoms with Gasteiger partial charge in [0.1, 0.15) is 0 Å². The fraction of sp³-hybridized carbons (Fsp3) is 0.138. The molecule has 6 aromatic rings. The zero-order valence-corrected chi connectivity index (χ0v) is 32.5. The van der Waals surface area contributed by atoms with E-state index in [2.05, 4.69) is 176 Å². The predicted octanol–water partition coefficient (Wildman–Crippen LogP) is 15.2. The van der Waals surface area contributed by atoms with Gasteiger partial charge in [0.25, 0.3) is 0 Å². The molecule has 6 aromatic carbocycles. The molecule has 0 spiro atoms. The van der Waals surface area contributed by atoms with Gasteiger partial charge in [-0.2, -0.15) is 0 Å². The summed E-state index contributed by atoms with van der Waals surface area (Å²) in [5.41, 5.74) is 24.5. The minimum Gasteiger partial charge on any atom is -0.0842 e. The molecule has 0 heteroatoms. The van der Waals surface area contributed by atoms with Crippen LogP contribution in [0.2, 0.25) is 0 Å². The topological polar surface area (TPSA) is 0 Å². The Kier molecular flexibility index (Phi) is 7.02. The van der Waals surface area contributed by atoms with E-state index < -0.39 is 0 Å². The number of benzene rings is 6. The van der Waals surface area contributed by atoms with Gasteiger partial charge in [0.15, 0.2) is 0 Å². The molecule has 0 aliphatic heterocycles. The highest BCUT2D eigenvalue weighted by molar-refractivity contribution is 6.30. The molecule has 3 atom stereocenters. The van der Waals surface area contributed by atoms with Crippen LogP contribution in [0.25, 0.3) is 66.1 Å². The molecule has 0 fully saturated rings. The third kappa shape index (κ3) is 4.58. The standard InChI is InChI=1S/C58H42/c1-5-15-35(16-6-1)39-27-28-41-33-50-55-44(47(41)31-39)24-14-26-46(55)57-52(37-19-9-3-10-20-37)51-34-49-48-32-40(36-17-7-2-8-18-36)29-30-42(48)43-23-13-25-45(54(43)49)56(51)53(58(50)57)38-21-11-4-12-22-38/h1-5,7-15,17-26,29-31,33-34,40,44,55H,6,16,27-28,32H2. The van der Waals surface area contributed by atoms with Crippen molar-refractivity contribution in [3.05, 3.63) is 226 Å². The molecule has 0 saturated carbocycles. The van der Waals surface area contributed by atoms with Gasteiger partial charge in [-0.1, -0.05) is 170 Å². The first-order valence-electron chi connectivity index (χ1n) is 21.4. The highest BCUT2D eigenvalue weighted by Gasteiger charge is 2.45. The lowest BCUT2D eigenvalue weighted by Gasteiger charge is -2.35. The Morgan fingerprint density at radius 1 is 0.534 bits per heavy atom. The van der Waals surface area contributed by atoms with Gasteiger partial charge in [0, 0.05) is 17.8 Å². The summed E-state index contributed by atoms with van der Waals surface area (Å²) < 4.78 is 0. The van der Waals surface area contributed by atoms with Crippen LogP contribution in [0.15, 0.2) is 198 Å². The van der Waals surface area contributed by atoms with E-state index in [0.29, 0.717) is 11.8 Å².